The summed E-state index contributed by atoms with van der Waals surface area (Å²) in [7, 11) is 0. The van der Waals surface area contributed by atoms with Gasteiger partial charge in [0, 0.05) is 20.1 Å². The van der Waals surface area contributed by atoms with Crippen LogP contribution in [0.1, 0.15) is 0 Å². The monoisotopic (exact) mass is 392 g/mol. The zero-order valence-electron chi connectivity index (χ0n) is 10.3. The Bertz CT molecular complexity index is 768. The Morgan fingerprint density at radius 1 is 1.00 bits per heavy atom. The molecule has 0 fully saturated rings. The van der Waals surface area contributed by atoms with E-state index in [1.807, 2.05) is 48.5 Å². The van der Waals surface area contributed by atoms with Crippen molar-refractivity contribution < 1.29 is 4.52 Å². The number of benzene rings is 2. The molecule has 0 saturated carbocycles. The van der Waals surface area contributed by atoms with E-state index in [-0.39, 0.29) is 0 Å². The van der Waals surface area contributed by atoms with Crippen LogP contribution in [0, 0.1) is 0 Å². The summed E-state index contributed by atoms with van der Waals surface area (Å²) in [6.45, 7) is 0. The fourth-order valence-electron chi connectivity index (χ4n) is 2.05. The number of nitrogens with zero attached hydrogens (tertiary/aromatic N) is 1. The summed E-state index contributed by atoms with van der Waals surface area (Å²) in [5, 5.41) is 3.91. The van der Waals surface area contributed by atoms with E-state index in [4.69, 9.17) is 10.3 Å². The van der Waals surface area contributed by atoms with Crippen LogP contribution in [-0.2, 0) is 0 Å². The van der Waals surface area contributed by atoms with E-state index in [1.165, 1.54) is 0 Å². The smallest absolute Gasteiger partial charge is 0.176 e. The average molecular weight is 394 g/mol. The zero-order chi connectivity index (χ0) is 14.1. The number of nitrogens with two attached hydrogens (primary N) is 1. The van der Waals surface area contributed by atoms with Crippen molar-refractivity contribution >= 4 is 37.7 Å². The highest BCUT2D eigenvalue weighted by Gasteiger charge is 2.19. The van der Waals surface area contributed by atoms with Crippen molar-refractivity contribution in [2.45, 2.75) is 0 Å². The molecule has 1 heterocycles. The molecule has 3 aromatic rings. The molecule has 0 radical (unpaired) electrons. The lowest BCUT2D eigenvalue weighted by Crippen LogP contribution is -1.89. The topological polar surface area (TPSA) is 52.0 Å². The molecule has 0 amide bonds. The number of rotatable bonds is 2. The van der Waals surface area contributed by atoms with Gasteiger partial charge in [0.05, 0.1) is 5.56 Å². The van der Waals surface area contributed by atoms with Crippen molar-refractivity contribution in [1.82, 2.24) is 5.16 Å². The summed E-state index contributed by atoms with van der Waals surface area (Å²) in [4.78, 5) is 0. The zero-order valence-corrected chi connectivity index (χ0v) is 13.5. The van der Waals surface area contributed by atoms with Crippen molar-refractivity contribution in [2.75, 3.05) is 5.73 Å². The molecule has 0 bridgehead atoms. The molecular weight excluding hydrogens is 384 g/mol. The highest BCUT2D eigenvalue weighted by molar-refractivity contribution is 9.10. The normalized spacial score (nSPS) is 10.7. The third kappa shape index (κ3) is 2.39. The van der Waals surface area contributed by atoms with Gasteiger partial charge in [-0.15, -0.1) is 0 Å². The van der Waals surface area contributed by atoms with Crippen LogP contribution in [0.2, 0.25) is 0 Å². The maximum absolute atomic E-state index is 5.98. The first-order valence-electron chi connectivity index (χ1n) is 5.93. The molecule has 2 aromatic carbocycles. The third-order valence-electron chi connectivity index (χ3n) is 2.95. The molecule has 0 aliphatic heterocycles. The van der Waals surface area contributed by atoms with E-state index >= 15 is 0 Å². The second-order valence-electron chi connectivity index (χ2n) is 4.26. The van der Waals surface area contributed by atoms with Crippen LogP contribution in [0.3, 0.4) is 0 Å². The van der Waals surface area contributed by atoms with Crippen LogP contribution >= 0.6 is 31.9 Å². The average Bonchev–Trinajstić information content (AvgIpc) is 2.81. The Morgan fingerprint density at radius 2 is 1.80 bits per heavy atom. The van der Waals surface area contributed by atoms with Crippen LogP contribution in [0.5, 0.6) is 0 Å². The summed E-state index contributed by atoms with van der Waals surface area (Å²) < 4.78 is 7.35. The minimum Gasteiger partial charge on any atom is -0.380 e. The number of nitrogen functional groups attached to an aromatic ring is 1. The van der Waals surface area contributed by atoms with Gasteiger partial charge in [0.15, 0.2) is 11.6 Å². The molecule has 5 heteroatoms. The van der Waals surface area contributed by atoms with E-state index in [2.05, 4.69) is 37.0 Å². The van der Waals surface area contributed by atoms with Gasteiger partial charge in [0.1, 0.15) is 0 Å². The first kappa shape index (κ1) is 13.4. The van der Waals surface area contributed by atoms with Crippen LogP contribution in [0.4, 0.5) is 5.82 Å². The first-order chi connectivity index (χ1) is 9.66. The molecule has 20 heavy (non-hydrogen) atoms. The van der Waals surface area contributed by atoms with Gasteiger partial charge in [-0.2, -0.15) is 0 Å². The van der Waals surface area contributed by atoms with Crippen molar-refractivity contribution in [3.8, 4) is 22.5 Å². The highest BCUT2D eigenvalue weighted by atomic mass is 79.9. The standard InChI is InChI=1S/C15H10Br2N2O/c16-10-5-3-4-9(8-10)14-13(15(18)19-20-14)11-6-1-2-7-12(11)17/h1-8H,(H2,18,19). The Labute approximate surface area is 133 Å². The van der Waals surface area contributed by atoms with Gasteiger partial charge in [0.25, 0.3) is 0 Å². The molecule has 0 atom stereocenters. The van der Waals surface area contributed by atoms with E-state index in [0.717, 1.165) is 25.6 Å². The number of aromatic nitrogens is 1. The summed E-state index contributed by atoms with van der Waals surface area (Å²) in [5.41, 5.74) is 8.67. The number of hydrogen-bond acceptors (Lipinski definition) is 3. The predicted octanol–water partition coefficient (Wildman–Crippen LogP) is 5.12. The van der Waals surface area contributed by atoms with Crippen molar-refractivity contribution in [2.24, 2.45) is 0 Å². The Hall–Kier alpha value is -1.59. The fraction of sp³-hybridized carbons (Fsp3) is 0. The first-order valence-corrected chi connectivity index (χ1v) is 7.51. The minimum absolute atomic E-state index is 0.381. The maximum Gasteiger partial charge on any atom is 0.176 e. The Morgan fingerprint density at radius 3 is 2.55 bits per heavy atom. The van der Waals surface area contributed by atoms with Crippen molar-refractivity contribution in [3.05, 3.63) is 57.5 Å². The number of anilines is 1. The second-order valence-corrected chi connectivity index (χ2v) is 6.03. The predicted molar refractivity (Wildman–Crippen MR) is 87.2 cm³/mol. The van der Waals surface area contributed by atoms with E-state index in [9.17, 15) is 0 Å². The van der Waals surface area contributed by atoms with Gasteiger partial charge < -0.3 is 10.3 Å². The van der Waals surface area contributed by atoms with Crippen LogP contribution in [0.25, 0.3) is 22.5 Å². The van der Waals surface area contributed by atoms with E-state index < -0.39 is 0 Å². The molecule has 1 aromatic heterocycles. The van der Waals surface area contributed by atoms with E-state index in [1.54, 1.807) is 0 Å². The molecule has 0 saturated heterocycles. The summed E-state index contributed by atoms with van der Waals surface area (Å²) >= 11 is 7.00. The molecule has 0 aliphatic rings. The molecule has 3 rings (SSSR count). The van der Waals surface area contributed by atoms with Gasteiger partial charge >= 0.3 is 0 Å². The second kappa shape index (κ2) is 5.42. The molecule has 0 aliphatic carbocycles. The summed E-state index contributed by atoms with van der Waals surface area (Å²) in [5.74, 6) is 1.04. The minimum atomic E-state index is 0.381. The lowest BCUT2D eigenvalue weighted by Gasteiger charge is -2.05. The molecule has 100 valence electrons. The lowest BCUT2D eigenvalue weighted by molar-refractivity contribution is 0.436. The number of hydrogen-bond donors (Lipinski definition) is 1. The molecular formula is C15H10Br2N2O. The van der Waals surface area contributed by atoms with Gasteiger partial charge in [-0.3, -0.25) is 0 Å². The maximum atomic E-state index is 5.98. The largest absolute Gasteiger partial charge is 0.380 e. The highest BCUT2D eigenvalue weighted by Crippen LogP contribution is 2.40. The Kier molecular flexibility index (Phi) is 3.63. The van der Waals surface area contributed by atoms with Gasteiger partial charge in [0.2, 0.25) is 0 Å². The van der Waals surface area contributed by atoms with Gasteiger partial charge in [-0.05, 0) is 18.2 Å². The quantitative estimate of drug-likeness (QED) is 0.657. The SMILES string of the molecule is Nc1noc(-c2cccc(Br)c2)c1-c1ccccc1Br. The summed E-state index contributed by atoms with van der Waals surface area (Å²) in [6, 6.07) is 15.7. The summed E-state index contributed by atoms with van der Waals surface area (Å²) in [6.07, 6.45) is 0. The Balaban J connectivity index is 2.23. The van der Waals surface area contributed by atoms with Crippen LogP contribution in [-0.4, -0.2) is 5.16 Å². The fourth-order valence-corrected chi connectivity index (χ4v) is 2.94. The number of halogens is 2. The third-order valence-corrected chi connectivity index (χ3v) is 4.13. The molecule has 0 unspecified atom stereocenters. The molecule has 3 nitrogen and oxygen atoms in total. The van der Waals surface area contributed by atoms with Crippen LogP contribution < -0.4 is 5.73 Å². The molecule has 2 N–H and O–H groups in total. The molecule has 0 spiro atoms. The van der Waals surface area contributed by atoms with Crippen LogP contribution in [0.15, 0.2) is 62.0 Å². The van der Waals surface area contributed by atoms with Gasteiger partial charge in [-0.25, -0.2) is 0 Å². The van der Waals surface area contributed by atoms with Crippen molar-refractivity contribution in [3.63, 3.8) is 0 Å². The lowest BCUT2D eigenvalue weighted by atomic mass is 10.0. The van der Waals surface area contributed by atoms with E-state index in [0.29, 0.717) is 11.6 Å². The van der Waals surface area contributed by atoms with Crippen molar-refractivity contribution in [1.29, 1.82) is 0 Å². The van der Waals surface area contributed by atoms with Gasteiger partial charge in [-0.1, -0.05) is 67.3 Å².